The van der Waals surface area contributed by atoms with E-state index in [2.05, 4.69) is 5.32 Å². The monoisotopic (exact) mass is 305 g/mol. The zero-order valence-electron chi connectivity index (χ0n) is 13.5. The first-order valence-electron chi connectivity index (χ1n) is 7.30. The van der Waals surface area contributed by atoms with Crippen molar-refractivity contribution in [3.8, 4) is 0 Å². The van der Waals surface area contributed by atoms with Gasteiger partial charge in [-0.2, -0.15) is 0 Å². The van der Waals surface area contributed by atoms with Crippen LogP contribution >= 0.6 is 0 Å². The Kier molecular flexibility index (Phi) is 6.28. The van der Waals surface area contributed by atoms with Gasteiger partial charge in [0.1, 0.15) is 6.42 Å². The molecule has 120 valence electrons. The molecule has 0 aliphatic heterocycles. The van der Waals surface area contributed by atoms with Crippen LogP contribution in [0.5, 0.6) is 0 Å². The first kappa shape index (κ1) is 17.9. The molecule has 1 atom stereocenters. The molecule has 1 aromatic carbocycles. The SMILES string of the molecule is CCOC(=O)CC(=O)C(NC(=O)c1ccccc1)C(C)(C)C. The maximum Gasteiger partial charge on any atom is 0.313 e. The number of hydrogen-bond acceptors (Lipinski definition) is 4. The maximum absolute atomic E-state index is 12.3. The van der Waals surface area contributed by atoms with Crippen LogP contribution in [0.25, 0.3) is 0 Å². The first-order chi connectivity index (χ1) is 10.3. The van der Waals surface area contributed by atoms with Crippen LogP contribution in [0.1, 0.15) is 44.5 Å². The number of ketones is 1. The van der Waals surface area contributed by atoms with Gasteiger partial charge in [0.25, 0.3) is 5.91 Å². The number of rotatable bonds is 6. The van der Waals surface area contributed by atoms with Gasteiger partial charge < -0.3 is 10.1 Å². The molecular formula is C17H23NO4. The van der Waals surface area contributed by atoms with Crippen LogP contribution < -0.4 is 5.32 Å². The minimum atomic E-state index is -0.760. The summed E-state index contributed by atoms with van der Waals surface area (Å²) in [6.45, 7) is 7.42. The average Bonchev–Trinajstić information content (AvgIpc) is 2.44. The largest absolute Gasteiger partial charge is 0.466 e. The molecule has 5 heteroatoms. The minimum absolute atomic E-state index is 0.225. The van der Waals surface area contributed by atoms with Gasteiger partial charge in [-0.05, 0) is 24.5 Å². The third-order valence-electron chi connectivity index (χ3n) is 3.12. The Morgan fingerprint density at radius 3 is 2.23 bits per heavy atom. The van der Waals surface area contributed by atoms with Crippen LogP contribution in [-0.2, 0) is 14.3 Å². The Labute approximate surface area is 131 Å². The van der Waals surface area contributed by atoms with E-state index in [9.17, 15) is 14.4 Å². The van der Waals surface area contributed by atoms with E-state index >= 15 is 0 Å². The molecule has 0 saturated carbocycles. The van der Waals surface area contributed by atoms with E-state index in [1.165, 1.54) is 0 Å². The van der Waals surface area contributed by atoms with Gasteiger partial charge in [-0.3, -0.25) is 14.4 Å². The van der Waals surface area contributed by atoms with Gasteiger partial charge in [0.15, 0.2) is 5.78 Å². The summed E-state index contributed by atoms with van der Waals surface area (Å²) in [7, 11) is 0. The molecule has 0 bridgehead atoms. The molecule has 0 aliphatic carbocycles. The molecule has 0 radical (unpaired) electrons. The predicted molar refractivity (Wildman–Crippen MR) is 83.4 cm³/mol. The molecule has 1 aromatic rings. The van der Waals surface area contributed by atoms with Crippen molar-refractivity contribution in [1.29, 1.82) is 0 Å². The van der Waals surface area contributed by atoms with Crippen LogP contribution in [0.15, 0.2) is 30.3 Å². The lowest BCUT2D eigenvalue weighted by Crippen LogP contribution is -2.49. The van der Waals surface area contributed by atoms with Crippen molar-refractivity contribution in [2.75, 3.05) is 6.61 Å². The fourth-order valence-corrected chi connectivity index (χ4v) is 2.04. The molecule has 0 aromatic heterocycles. The zero-order chi connectivity index (χ0) is 16.8. The lowest BCUT2D eigenvalue weighted by molar-refractivity contribution is -0.146. The second kappa shape index (κ2) is 7.73. The Hall–Kier alpha value is -2.17. The molecule has 1 amide bonds. The quantitative estimate of drug-likeness (QED) is 0.647. The van der Waals surface area contributed by atoms with E-state index in [-0.39, 0.29) is 24.7 Å². The summed E-state index contributed by atoms with van der Waals surface area (Å²) in [5.41, 5.74) is -0.0331. The minimum Gasteiger partial charge on any atom is -0.466 e. The molecule has 0 aliphatic rings. The summed E-state index contributed by atoms with van der Waals surface area (Å²) in [5.74, 6) is -1.26. The zero-order valence-corrected chi connectivity index (χ0v) is 13.5. The van der Waals surface area contributed by atoms with Crippen LogP contribution in [0, 0.1) is 5.41 Å². The number of ether oxygens (including phenoxy) is 1. The van der Waals surface area contributed by atoms with Gasteiger partial charge in [-0.25, -0.2) is 0 Å². The fourth-order valence-electron chi connectivity index (χ4n) is 2.04. The molecule has 0 fully saturated rings. The van der Waals surface area contributed by atoms with Gasteiger partial charge in [0, 0.05) is 5.56 Å². The fraction of sp³-hybridized carbons (Fsp3) is 0.471. The summed E-state index contributed by atoms with van der Waals surface area (Å²) < 4.78 is 4.79. The molecular weight excluding hydrogens is 282 g/mol. The summed E-state index contributed by atoms with van der Waals surface area (Å²) in [5, 5.41) is 2.72. The maximum atomic E-state index is 12.3. The highest BCUT2D eigenvalue weighted by atomic mass is 16.5. The van der Waals surface area contributed by atoms with Crippen molar-refractivity contribution >= 4 is 17.7 Å². The number of Topliss-reactive ketones (excluding diaryl/α,β-unsaturated/α-hetero) is 1. The summed E-state index contributed by atoms with van der Waals surface area (Å²) >= 11 is 0. The van der Waals surface area contributed by atoms with Gasteiger partial charge in [0.2, 0.25) is 0 Å². The highest BCUT2D eigenvalue weighted by Gasteiger charge is 2.33. The Morgan fingerprint density at radius 2 is 1.73 bits per heavy atom. The van der Waals surface area contributed by atoms with E-state index in [0.29, 0.717) is 5.56 Å². The van der Waals surface area contributed by atoms with Crippen molar-refractivity contribution in [2.24, 2.45) is 5.41 Å². The van der Waals surface area contributed by atoms with Gasteiger partial charge in [0.05, 0.1) is 12.6 Å². The van der Waals surface area contributed by atoms with E-state index in [4.69, 9.17) is 4.74 Å². The van der Waals surface area contributed by atoms with Crippen LogP contribution in [0.2, 0.25) is 0 Å². The Morgan fingerprint density at radius 1 is 1.14 bits per heavy atom. The number of benzene rings is 1. The summed E-state index contributed by atoms with van der Waals surface area (Å²) in [4.78, 5) is 36.0. The average molecular weight is 305 g/mol. The van der Waals surface area contributed by atoms with Crippen molar-refractivity contribution in [2.45, 2.75) is 40.2 Å². The number of esters is 1. The molecule has 0 saturated heterocycles. The standard InChI is InChI=1S/C17H23NO4/c1-5-22-14(20)11-13(19)15(17(2,3)4)18-16(21)12-9-7-6-8-10-12/h6-10,15H,5,11H2,1-4H3,(H,18,21). The second-order valence-electron chi connectivity index (χ2n) is 6.09. The third kappa shape index (κ3) is 5.31. The van der Waals surface area contributed by atoms with E-state index in [1.807, 2.05) is 26.8 Å². The molecule has 1 rings (SSSR count). The van der Waals surface area contributed by atoms with Crippen LogP contribution in [0.4, 0.5) is 0 Å². The molecule has 1 N–H and O–H groups in total. The Bertz CT molecular complexity index is 531. The Balaban J connectivity index is 2.84. The van der Waals surface area contributed by atoms with Gasteiger partial charge in [-0.15, -0.1) is 0 Å². The lowest BCUT2D eigenvalue weighted by atomic mass is 9.83. The second-order valence-corrected chi connectivity index (χ2v) is 6.09. The van der Waals surface area contributed by atoms with Crippen molar-refractivity contribution in [1.82, 2.24) is 5.32 Å². The van der Waals surface area contributed by atoms with Crippen LogP contribution in [0.3, 0.4) is 0 Å². The number of amides is 1. The van der Waals surface area contributed by atoms with Gasteiger partial charge >= 0.3 is 5.97 Å². The number of hydrogen-bond donors (Lipinski definition) is 1. The van der Waals surface area contributed by atoms with Gasteiger partial charge in [-0.1, -0.05) is 39.0 Å². The smallest absolute Gasteiger partial charge is 0.313 e. The first-order valence-corrected chi connectivity index (χ1v) is 7.30. The summed E-state index contributed by atoms with van der Waals surface area (Å²) in [6, 6.07) is 7.90. The number of carbonyl (C=O) groups is 3. The van der Waals surface area contributed by atoms with Crippen LogP contribution in [-0.4, -0.2) is 30.3 Å². The highest BCUT2D eigenvalue weighted by Crippen LogP contribution is 2.21. The molecule has 1 unspecified atom stereocenters. The topological polar surface area (TPSA) is 72.5 Å². The number of nitrogens with one attached hydrogen (secondary N) is 1. The van der Waals surface area contributed by atoms with Crippen molar-refractivity contribution < 1.29 is 19.1 Å². The molecule has 0 spiro atoms. The van der Waals surface area contributed by atoms with Crippen molar-refractivity contribution in [3.63, 3.8) is 0 Å². The van der Waals surface area contributed by atoms with E-state index in [0.717, 1.165) is 0 Å². The molecule has 22 heavy (non-hydrogen) atoms. The third-order valence-corrected chi connectivity index (χ3v) is 3.12. The van der Waals surface area contributed by atoms with E-state index < -0.39 is 17.4 Å². The normalized spacial score (nSPS) is 12.4. The predicted octanol–water partition coefficient (Wildman–Crippen LogP) is 2.35. The molecule has 5 nitrogen and oxygen atoms in total. The van der Waals surface area contributed by atoms with Crippen molar-refractivity contribution in [3.05, 3.63) is 35.9 Å². The number of carbonyl (C=O) groups excluding carboxylic acids is 3. The summed E-state index contributed by atoms with van der Waals surface area (Å²) in [6.07, 6.45) is -0.342. The highest BCUT2D eigenvalue weighted by molar-refractivity contribution is 6.02. The molecule has 0 heterocycles. The lowest BCUT2D eigenvalue weighted by Gasteiger charge is -2.30. The van der Waals surface area contributed by atoms with E-state index in [1.54, 1.807) is 31.2 Å².